The summed E-state index contributed by atoms with van der Waals surface area (Å²) in [5.41, 5.74) is -0.387. The van der Waals surface area contributed by atoms with Crippen LogP contribution in [0.1, 0.15) is 45.2 Å². The summed E-state index contributed by atoms with van der Waals surface area (Å²) in [7, 11) is 0. The van der Waals surface area contributed by atoms with E-state index in [9.17, 15) is 13.9 Å². The Bertz CT molecular complexity index is 380. The lowest BCUT2D eigenvalue weighted by Gasteiger charge is -2.38. The van der Waals surface area contributed by atoms with Crippen molar-refractivity contribution in [2.75, 3.05) is 0 Å². The quantitative estimate of drug-likeness (QED) is 0.848. The lowest BCUT2D eigenvalue weighted by molar-refractivity contribution is -0.00531. The fourth-order valence-electron chi connectivity index (χ4n) is 1.32. The number of alkyl halides is 2. The largest absolute Gasteiger partial charge is 0.389 e. The third-order valence-corrected chi connectivity index (χ3v) is 3.50. The van der Waals surface area contributed by atoms with Crippen LogP contribution in [0.25, 0.3) is 0 Å². The molecule has 0 atom stereocenters. The van der Waals surface area contributed by atoms with Crippen LogP contribution in [0.2, 0.25) is 0 Å². The Hall–Kier alpha value is -1.00. The van der Waals surface area contributed by atoms with Crippen LogP contribution in [-0.4, -0.2) is 16.2 Å². The van der Waals surface area contributed by atoms with Crippen LogP contribution in [0.4, 0.5) is 8.78 Å². The summed E-state index contributed by atoms with van der Waals surface area (Å²) in [4.78, 5) is 0. The average molecular weight is 257 g/mol. The van der Waals surface area contributed by atoms with Crippen LogP contribution >= 0.6 is 0 Å². The Morgan fingerprint density at radius 3 is 2.00 bits per heavy atom. The molecule has 1 rings (SSSR count). The highest BCUT2D eigenvalue weighted by atomic mass is 19.3. The van der Waals surface area contributed by atoms with E-state index in [0.717, 1.165) is 5.56 Å². The third-order valence-electron chi connectivity index (χ3n) is 3.50. The van der Waals surface area contributed by atoms with Gasteiger partial charge in [0.15, 0.2) is 0 Å². The maximum absolute atomic E-state index is 12.4. The van der Waals surface area contributed by atoms with E-state index in [1.54, 1.807) is 26.0 Å². The van der Waals surface area contributed by atoms with E-state index in [1.165, 1.54) is 12.1 Å². The second-order valence-electron chi connectivity index (χ2n) is 5.58. The van der Waals surface area contributed by atoms with Crippen LogP contribution in [0.5, 0.6) is 0 Å². The smallest absolute Gasteiger partial charge is 0.263 e. The molecular formula is C14H21F2NO. The molecule has 0 aromatic heterocycles. The monoisotopic (exact) mass is 257 g/mol. The van der Waals surface area contributed by atoms with Crippen molar-refractivity contribution in [3.63, 3.8) is 0 Å². The fraction of sp³-hybridized carbons (Fsp3) is 0.571. The van der Waals surface area contributed by atoms with Gasteiger partial charge in [-0.05, 0) is 33.3 Å². The topological polar surface area (TPSA) is 32.3 Å². The van der Waals surface area contributed by atoms with Gasteiger partial charge in [-0.25, -0.2) is 8.78 Å². The van der Waals surface area contributed by atoms with E-state index in [2.05, 4.69) is 5.32 Å². The van der Waals surface area contributed by atoms with Gasteiger partial charge in [0.25, 0.3) is 6.43 Å². The van der Waals surface area contributed by atoms with Gasteiger partial charge in [0, 0.05) is 17.6 Å². The van der Waals surface area contributed by atoms with Crippen LogP contribution in [0.3, 0.4) is 0 Å². The van der Waals surface area contributed by atoms with Gasteiger partial charge in [0.2, 0.25) is 0 Å². The molecule has 0 fully saturated rings. The molecule has 0 aliphatic heterocycles. The predicted octanol–water partition coefficient (Wildman–Crippen LogP) is 3.26. The standard InChI is InChI=1S/C14H21F2NO/c1-13(2,14(3,4)18)17-9-10-5-7-11(8-6-10)12(15)16/h5-8,12,17-18H,9H2,1-4H3. The molecule has 2 N–H and O–H groups in total. The predicted molar refractivity (Wildman–Crippen MR) is 68.6 cm³/mol. The number of nitrogens with one attached hydrogen (secondary N) is 1. The molecule has 0 saturated carbocycles. The van der Waals surface area contributed by atoms with E-state index in [0.29, 0.717) is 6.54 Å². The lowest BCUT2D eigenvalue weighted by atomic mass is 9.86. The molecule has 0 radical (unpaired) electrons. The Balaban J connectivity index is 2.64. The lowest BCUT2D eigenvalue weighted by Crippen LogP contribution is -2.55. The first-order valence-corrected chi connectivity index (χ1v) is 5.98. The van der Waals surface area contributed by atoms with Crippen molar-refractivity contribution in [3.8, 4) is 0 Å². The first kappa shape index (κ1) is 15.1. The maximum Gasteiger partial charge on any atom is 0.263 e. The van der Waals surface area contributed by atoms with Crippen LogP contribution in [0, 0.1) is 0 Å². The summed E-state index contributed by atoms with van der Waals surface area (Å²) in [6, 6.07) is 6.21. The zero-order valence-corrected chi connectivity index (χ0v) is 11.3. The first-order chi connectivity index (χ1) is 8.13. The second kappa shape index (κ2) is 5.33. The highest BCUT2D eigenvalue weighted by Crippen LogP contribution is 2.22. The van der Waals surface area contributed by atoms with Gasteiger partial charge < -0.3 is 10.4 Å². The number of benzene rings is 1. The highest BCUT2D eigenvalue weighted by molar-refractivity contribution is 5.23. The van der Waals surface area contributed by atoms with Gasteiger partial charge in [0.1, 0.15) is 0 Å². The fourth-order valence-corrected chi connectivity index (χ4v) is 1.32. The van der Waals surface area contributed by atoms with Crippen molar-refractivity contribution < 1.29 is 13.9 Å². The maximum atomic E-state index is 12.4. The number of hydrogen-bond donors (Lipinski definition) is 2. The molecule has 0 spiro atoms. The second-order valence-corrected chi connectivity index (χ2v) is 5.58. The van der Waals surface area contributed by atoms with E-state index >= 15 is 0 Å². The minimum Gasteiger partial charge on any atom is -0.389 e. The molecule has 0 unspecified atom stereocenters. The third kappa shape index (κ3) is 3.75. The summed E-state index contributed by atoms with van der Waals surface area (Å²) in [6.07, 6.45) is -2.43. The Kier molecular flexibility index (Phi) is 4.46. The van der Waals surface area contributed by atoms with E-state index < -0.39 is 17.6 Å². The highest BCUT2D eigenvalue weighted by Gasteiger charge is 2.34. The van der Waals surface area contributed by atoms with Crippen molar-refractivity contribution in [2.45, 2.75) is 51.8 Å². The molecule has 2 nitrogen and oxygen atoms in total. The van der Waals surface area contributed by atoms with Gasteiger partial charge in [-0.15, -0.1) is 0 Å². The zero-order valence-electron chi connectivity index (χ0n) is 11.3. The molecule has 102 valence electrons. The van der Waals surface area contributed by atoms with Crippen LogP contribution in [0.15, 0.2) is 24.3 Å². The molecule has 0 saturated heterocycles. The minimum atomic E-state index is -2.43. The number of halogens is 2. The molecule has 18 heavy (non-hydrogen) atoms. The summed E-state index contributed by atoms with van der Waals surface area (Å²) in [5.74, 6) is 0. The molecule has 1 aromatic carbocycles. The van der Waals surface area contributed by atoms with Gasteiger partial charge in [-0.3, -0.25) is 0 Å². The molecule has 0 heterocycles. The molecule has 1 aromatic rings. The van der Waals surface area contributed by atoms with Crippen molar-refractivity contribution in [3.05, 3.63) is 35.4 Å². The zero-order chi connectivity index (χ0) is 14.0. The summed E-state index contributed by atoms with van der Waals surface area (Å²) in [6.45, 7) is 7.81. The Labute approximate surface area is 107 Å². The molecule has 0 aliphatic carbocycles. The van der Waals surface area contributed by atoms with Crippen LogP contribution in [-0.2, 0) is 6.54 Å². The SMILES string of the molecule is CC(C)(O)C(C)(C)NCc1ccc(C(F)F)cc1. The van der Waals surface area contributed by atoms with E-state index in [1.807, 2.05) is 13.8 Å². The van der Waals surface area contributed by atoms with E-state index in [-0.39, 0.29) is 5.56 Å². The van der Waals surface area contributed by atoms with Crippen molar-refractivity contribution in [2.24, 2.45) is 0 Å². The van der Waals surface area contributed by atoms with Crippen LogP contribution < -0.4 is 5.32 Å². The van der Waals surface area contributed by atoms with Gasteiger partial charge in [-0.1, -0.05) is 24.3 Å². The van der Waals surface area contributed by atoms with Gasteiger partial charge in [-0.2, -0.15) is 0 Å². The molecule has 0 aliphatic rings. The number of rotatable bonds is 5. The minimum absolute atomic E-state index is 0.0282. The molecule has 0 amide bonds. The van der Waals surface area contributed by atoms with Gasteiger partial charge in [0.05, 0.1) is 5.60 Å². The summed E-state index contributed by atoms with van der Waals surface area (Å²) >= 11 is 0. The Morgan fingerprint density at radius 1 is 1.11 bits per heavy atom. The molecule has 4 heteroatoms. The number of aliphatic hydroxyl groups is 1. The van der Waals surface area contributed by atoms with Crippen molar-refractivity contribution >= 4 is 0 Å². The molecular weight excluding hydrogens is 236 g/mol. The summed E-state index contributed by atoms with van der Waals surface area (Å²) < 4.78 is 24.8. The molecule has 0 bridgehead atoms. The average Bonchev–Trinajstić information content (AvgIpc) is 2.25. The van der Waals surface area contributed by atoms with Crippen molar-refractivity contribution in [1.82, 2.24) is 5.32 Å². The van der Waals surface area contributed by atoms with Crippen molar-refractivity contribution in [1.29, 1.82) is 0 Å². The first-order valence-electron chi connectivity index (χ1n) is 5.98. The van der Waals surface area contributed by atoms with E-state index in [4.69, 9.17) is 0 Å². The van der Waals surface area contributed by atoms with Gasteiger partial charge >= 0.3 is 0 Å². The summed E-state index contributed by atoms with van der Waals surface area (Å²) in [5, 5.41) is 13.2. The number of hydrogen-bond acceptors (Lipinski definition) is 2. The Morgan fingerprint density at radius 2 is 1.61 bits per heavy atom. The normalized spacial score (nSPS) is 13.1.